The Balaban J connectivity index is 0.000000532. The first-order chi connectivity index (χ1) is 18.4. The number of piperazine rings is 1. The summed E-state index contributed by atoms with van der Waals surface area (Å²) in [5.41, 5.74) is 1.15. The predicted octanol–water partition coefficient (Wildman–Crippen LogP) is 1.04. The summed E-state index contributed by atoms with van der Waals surface area (Å²) in [5, 5.41) is 10.4. The van der Waals surface area contributed by atoms with E-state index in [0.717, 1.165) is 17.7 Å². The van der Waals surface area contributed by atoms with Crippen LogP contribution < -0.4 is 21.5 Å². The van der Waals surface area contributed by atoms with Crippen LogP contribution in [0.5, 0.6) is 0 Å². The maximum absolute atomic E-state index is 13.2. The molecule has 0 unspecified atom stereocenters. The third kappa shape index (κ3) is 6.37. The minimum Gasteiger partial charge on any atom is -0.475 e. The molecule has 1 aliphatic rings. The third-order valence-corrected chi connectivity index (χ3v) is 5.75. The number of nitrogens with zero attached hydrogens (tertiary/aromatic N) is 5. The second-order valence-electron chi connectivity index (χ2n) is 8.31. The quantitative estimate of drug-likeness (QED) is 0.351. The maximum Gasteiger partial charge on any atom is 0.490 e. The molecule has 4 rings (SSSR count). The molecule has 0 bridgehead atoms. The first-order valence-electron chi connectivity index (χ1n) is 11.8. The first kappa shape index (κ1) is 29.2. The summed E-state index contributed by atoms with van der Waals surface area (Å²) in [7, 11) is 3.06. The zero-order valence-electron chi connectivity index (χ0n) is 21.4. The highest BCUT2D eigenvalue weighted by atomic mass is 19.4. The number of halogens is 3. The summed E-state index contributed by atoms with van der Waals surface area (Å²) in [6, 6.07) is 7.43. The van der Waals surface area contributed by atoms with Crippen LogP contribution in [0, 0.1) is 0 Å². The van der Waals surface area contributed by atoms with Gasteiger partial charge in [0, 0.05) is 46.4 Å². The molecular formula is C24H27F3N6O6. The Morgan fingerprint density at radius 1 is 1.13 bits per heavy atom. The van der Waals surface area contributed by atoms with Crippen molar-refractivity contribution in [3.63, 3.8) is 0 Å². The molecule has 1 aromatic carbocycles. The van der Waals surface area contributed by atoms with Crippen molar-refractivity contribution >= 4 is 35.1 Å². The summed E-state index contributed by atoms with van der Waals surface area (Å²) in [5.74, 6) is -2.62. The third-order valence-electron chi connectivity index (χ3n) is 5.75. The van der Waals surface area contributed by atoms with Gasteiger partial charge >= 0.3 is 23.8 Å². The normalized spacial score (nSPS) is 13.8. The van der Waals surface area contributed by atoms with Gasteiger partial charge in [-0.1, -0.05) is 18.2 Å². The monoisotopic (exact) mass is 552 g/mol. The number of imidazole rings is 1. The van der Waals surface area contributed by atoms with Crippen molar-refractivity contribution in [1.82, 2.24) is 24.0 Å². The number of fused-ring (bicyclic) bond motifs is 1. The largest absolute Gasteiger partial charge is 0.490 e. The lowest BCUT2D eigenvalue weighted by atomic mass is 10.1. The lowest BCUT2D eigenvalue weighted by Crippen LogP contribution is -2.44. The van der Waals surface area contributed by atoms with Crippen molar-refractivity contribution in [2.24, 2.45) is 14.1 Å². The number of alkyl halides is 3. The van der Waals surface area contributed by atoms with Crippen LogP contribution in [0.2, 0.25) is 0 Å². The van der Waals surface area contributed by atoms with E-state index < -0.39 is 29.4 Å². The number of carbonyl (C=O) groups excluding carboxylic acids is 1. The number of esters is 1. The van der Waals surface area contributed by atoms with Crippen molar-refractivity contribution < 1.29 is 32.6 Å². The molecule has 12 nitrogen and oxygen atoms in total. The van der Waals surface area contributed by atoms with Gasteiger partial charge in [0.2, 0.25) is 5.95 Å². The molecule has 3 aromatic rings. The number of nitrogens with one attached hydrogen (secondary N) is 1. The molecule has 0 atom stereocenters. The zero-order valence-corrected chi connectivity index (χ0v) is 21.4. The van der Waals surface area contributed by atoms with E-state index in [-0.39, 0.29) is 6.61 Å². The average molecular weight is 553 g/mol. The van der Waals surface area contributed by atoms with E-state index in [0.29, 0.717) is 41.5 Å². The van der Waals surface area contributed by atoms with Crippen LogP contribution in [-0.4, -0.2) is 74.7 Å². The van der Waals surface area contributed by atoms with Crippen LogP contribution >= 0.6 is 0 Å². The highest BCUT2D eigenvalue weighted by Gasteiger charge is 2.38. The van der Waals surface area contributed by atoms with Gasteiger partial charge in [0.15, 0.2) is 11.2 Å². The Hall–Kier alpha value is -4.40. The molecule has 2 N–H and O–H groups in total. The number of aromatic nitrogens is 4. The van der Waals surface area contributed by atoms with Crippen molar-refractivity contribution in [3.05, 3.63) is 56.7 Å². The number of benzene rings is 1. The Bertz CT molecular complexity index is 1520. The molecule has 1 aliphatic heterocycles. The van der Waals surface area contributed by atoms with Crippen molar-refractivity contribution in [1.29, 1.82) is 0 Å². The number of anilines is 1. The number of hydrogen-bond acceptors (Lipinski definition) is 8. The average Bonchev–Trinajstić information content (AvgIpc) is 3.31. The van der Waals surface area contributed by atoms with Crippen molar-refractivity contribution in [3.8, 4) is 5.69 Å². The van der Waals surface area contributed by atoms with E-state index in [1.165, 1.54) is 17.7 Å². The van der Waals surface area contributed by atoms with Gasteiger partial charge in [-0.2, -0.15) is 18.2 Å². The van der Waals surface area contributed by atoms with Gasteiger partial charge in [-0.3, -0.25) is 18.5 Å². The van der Waals surface area contributed by atoms with Gasteiger partial charge in [-0.25, -0.2) is 14.4 Å². The fourth-order valence-electron chi connectivity index (χ4n) is 3.87. The van der Waals surface area contributed by atoms with Crippen LogP contribution in [0.1, 0.15) is 12.5 Å². The van der Waals surface area contributed by atoms with Gasteiger partial charge < -0.3 is 20.1 Å². The number of aryl methyl sites for hydroxylation is 1. The Kier molecular flexibility index (Phi) is 8.96. The minimum atomic E-state index is -5.08. The molecule has 39 heavy (non-hydrogen) atoms. The van der Waals surface area contributed by atoms with Gasteiger partial charge in [0.05, 0.1) is 12.3 Å². The molecule has 3 heterocycles. The highest BCUT2D eigenvalue weighted by molar-refractivity contribution is 5.88. The number of carbonyl (C=O) groups is 2. The lowest BCUT2D eigenvalue weighted by molar-refractivity contribution is -0.192. The van der Waals surface area contributed by atoms with Gasteiger partial charge in [-0.05, 0) is 24.6 Å². The standard InChI is InChI=1S/C22H26N6O4.C2HF3O2/c1-4-32-17(29)10-9-15-7-5-6-8-16(15)28-18-19(25(2)22(31)26(3)20(18)30)24-21(28)27-13-11-23-12-14-27;3-2(4,5)1(6)7/h5-10,23H,4,11-14H2,1-3H3;(H,6,7)/b10-9+;. The van der Waals surface area contributed by atoms with E-state index in [1.54, 1.807) is 24.6 Å². The van der Waals surface area contributed by atoms with Gasteiger partial charge in [0.1, 0.15) is 0 Å². The van der Waals surface area contributed by atoms with Crippen LogP contribution in [-0.2, 0) is 28.4 Å². The fraction of sp³-hybridized carbons (Fsp3) is 0.375. The molecule has 0 saturated carbocycles. The van der Waals surface area contributed by atoms with Crippen molar-refractivity contribution in [2.75, 3.05) is 37.7 Å². The van der Waals surface area contributed by atoms with E-state index >= 15 is 0 Å². The molecule has 2 aromatic heterocycles. The molecule has 0 aliphatic carbocycles. The summed E-state index contributed by atoms with van der Waals surface area (Å²) in [6.07, 6.45) is -2.06. The second kappa shape index (κ2) is 12.0. The van der Waals surface area contributed by atoms with Gasteiger partial charge in [-0.15, -0.1) is 0 Å². The van der Waals surface area contributed by atoms with Crippen molar-refractivity contribution in [2.45, 2.75) is 13.1 Å². The number of ether oxygens (including phenoxy) is 1. The number of carboxylic acids is 1. The zero-order chi connectivity index (χ0) is 28.9. The Morgan fingerprint density at radius 3 is 2.33 bits per heavy atom. The van der Waals surface area contributed by atoms with E-state index in [9.17, 15) is 27.6 Å². The topological polar surface area (TPSA) is 141 Å². The summed E-state index contributed by atoms with van der Waals surface area (Å²) >= 11 is 0. The number of hydrogen-bond donors (Lipinski definition) is 2. The number of para-hydroxylation sites is 1. The molecule has 210 valence electrons. The first-order valence-corrected chi connectivity index (χ1v) is 11.8. The predicted molar refractivity (Wildman–Crippen MR) is 136 cm³/mol. The maximum atomic E-state index is 13.2. The molecule has 1 saturated heterocycles. The number of aliphatic carboxylic acids is 1. The van der Waals surface area contributed by atoms with Crippen LogP contribution in [0.15, 0.2) is 39.9 Å². The molecule has 0 amide bonds. The summed E-state index contributed by atoms with van der Waals surface area (Å²) < 4.78 is 41.0. The molecule has 0 spiro atoms. The van der Waals surface area contributed by atoms with E-state index in [4.69, 9.17) is 19.6 Å². The Labute approximate surface area is 219 Å². The molecule has 1 fully saturated rings. The van der Waals surface area contributed by atoms with E-state index in [1.807, 2.05) is 24.3 Å². The smallest absolute Gasteiger partial charge is 0.475 e. The van der Waals surface area contributed by atoms with E-state index in [2.05, 4.69) is 10.2 Å². The van der Waals surface area contributed by atoms with Gasteiger partial charge in [0.25, 0.3) is 5.56 Å². The van der Waals surface area contributed by atoms with Crippen LogP contribution in [0.25, 0.3) is 22.9 Å². The SMILES string of the molecule is CCOC(=O)/C=C/c1ccccc1-n1c(N2CCNCC2)nc2c1c(=O)n(C)c(=O)n2C.O=C(O)C(F)(F)F. The molecule has 15 heteroatoms. The van der Waals surface area contributed by atoms with Crippen LogP contribution in [0.3, 0.4) is 0 Å². The molecule has 0 radical (unpaired) electrons. The fourth-order valence-corrected chi connectivity index (χ4v) is 3.87. The summed E-state index contributed by atoms with van der Waals surface area (Å²) in [4.78, 5) is 53.4. The number of rotatable bonds is 5. The minimum absolute atomic E-state index is 0.286. The second-order valence-corrected chi connectivity index (χ2v) is 8.31. The molecular weight excluding hydrogens is 525 g/mol. The summed E-state index contributed by atoms with van der Waals surface area (Å²) in [6.45, 7) is 5.01. The van der Waals surface area contributed by atoms with Crippen LogP contribution in [0.4, 0.5) is 19.1 Å². The number of carboxylic acid groups (broad SMARTS) is 1. The Morgan fingerprint density at radius 2 is 1.74 bits per heavy atom. The highest BCUT2D eigenvalue weighted by Crippen LogP contribution is 2.28. The lowest BCUT2D eigenvalue weighted by Gasteiger charge is -2.29.